The summed E-state index contributed by atoms with van der Waals surface area (Å²) < 4.78 is 19.3. The van der Waals surface area contributed by atoms with E-state index in [-0.39, 0.29) is 24.8 Å². The van der Waals surface area contributed by atoms with Crippen LogP contribution in [0.3, 0.4) is 0 Å². The molecular weight excluding hydrogens is 317 g/mol. The molecule has 19 heavy (non-hydrogen) atoms. The van der Waals surface area contributed by atoms with Gasteiger partial charge in [0, 0.05) is 17.6 Å². The fraction of sp³-hybridized carbons (Fsp3) is 0.462. The Hall–Kier alpha value is -1.14. The molecule has 6 heteroatoms. The molecule has 1 amide bonds. The molecule has 0 bridgehead atoms. The monoisotopic (exact) mass is 331 g/mol. The zero-order valence-electron chi connectivity index (χ0n) is 10.5. The molecule has 1 aromatic rings. The molecule has 1 aliphatic heterocycles. The highest BCUT2D eigenvalue weighted by atomic mass is 79.9. The van der Waals surface area contributed by atoms with E-state index in [1.165, 1.54) is 17.0 Å². The minimum Gasteiger partial charge on any atom is -0.481 e. The van der Waals surface area contributed by atoms with Crippen molar-refractivity contribution in [1.82, 2.24) is 4.90 Å². The van der Waals surface area contributed by atoms with E-state index in [9.17, 15) is 14.3 Å². The van der Waals surface area contributed by atoms with Crippen molar-refractivity contribution in [2.24, 2.45) is 0 Å². The first-order valence-electron chi connectivity index (χ1n) is 5.95. The maximum atomic E-state index is 13.5. The number of hydrogen-bond donors (Lipinski definition) is 1. The summed E-state index contributed by atoms with van der Waals surface area (Å²) in [6.45, 7) is 2.25. The lowest BCUT2D eigenvalue weighted by molar-refractivity contribution is -0.133. The third-order valence-electron chi connectivity index (χ3n) is 3.05. The molecule has 104 valence electrons. The standard InChI is InChI=1S/C13H15BrFNO3/c1-13(18)4-5-16(8-13)12(17)7-19-11-3-2-9(14)6-10(11)15/h2-3,6,18H,4-5,7-8H2,1H3. The highest BCUT2D eigenvalue weighted by Crippen LogP contribution is 2.23. The molecule has 0 saturated carbocycles. The van der Waals surface area contributed by atoms with E-state index in [2.05, 4.69) is 15.9 Å². The molecule has 0 aliphatic carbocycles. The number of likely N-dealkylation sites (tertiary alicyclic amines) is 1. The number of benzene rings is 1. The molecule has 1 N–H and O–H groups in total. The molecule has 4 nitrogen and oxygen atoms in total. The summed E-state index contributed by atoms with van der Waals surface area (Å²) in [5.41, 5.74) is -0.835. The van der Waals surface area contributed by atoms with Crippen molar-refractivity contribution < 1.29 is 19.0 Å². The number of β-amino-alcohol motifs (C(OH)–C–C–N with tert-alkyl or cyclic N) is 1. The van der Waals surface area contributed by atoms with E-state index in [4.69, 9.17) is 4.74 Å². The fourth-order valence-corrected chi connectivity index (χ4v) is 2.31. The van der Waals surface area contributed by atoms with E-state index < -0.39 is 11.4 Å². The van der Waals surface area contributed by atoms with Crippen LogP contribution in [0, 0.1) is 5.82 Å². The van der Waals surface area contributed by atoms with Crippen LogP contribution in [0.15, 0.2) is 22.7 Å². The minimum atomic E-state index is -0.835. The zero-order chi connectivity index (χ0) is 14.0. The quantitative estimate of drug-likeness (QED) is 0.921. The fourth-order valence-electron chi connectivity index (χ4n) is 1.98. The summed E-state index contributed by atoms with van der Waals surface area (Å²) >= 11 is 3.14. The summed E-state index contributed by atoms with van der Waals surface area (Å²) in [5.74, 6) is -0.724. The van der Waals surface area contributed by atoms with Crippen LogP contribution in [0.2, 0.25) is 0 Å². The van der Waals surface area contributed by atoms with E-state index in [0.29, 0.717) is 17.4 Å². The third kappa shape index (κ3) is 3.67. The SMILES string of the molecule is CC1(O)CCN(C(=O)COc2ccc(Br)cc2F)C1. The van der Waals surface area contributed by atoms with Gasteiger partial charge in [0.25, 0.3) is 5.91 Å². The second-order valence-corrected chi connectivity index (χ2v) is 5.84. The summed E-state index contributed by atoms with van der Waals surface area (Å²) in [5, 5.41) is 9.77. The van der Waals surface area contributed by atoms with Crippen molar-refractivity contribution in [2.45, 2.75) is 18.9 Å². The van der Waals surface area contributed by atoms with Gasteiger partial charge in [-0.1, -0.05) is 15.9 Å². The van der Waals surface area contributed by atoms with Crippen molar-refractivity contribution in [1.29, 1.82) is 0 Å². The first kappa shape index (κ1) is 14.3. The first-order valence-corrected chi connectivity index (χ1v) is 6.75. The lowest BCUT2D eigenvalue weighted by atomic mass is 10.1. The van der Waals surface area contributed by atoms with Gasteiger partial charge < -0.3 is 14.7 Å². The lowest BCUT2D eigenvalue weighted by Gasteiger charge is -2.19. The normalized spacial score (nSPS) is 22.6. The Morgan fingerprint density at radius 2 is 2.37 bits per heavy atom. The summed E-state index contributed by atoms with van der Waals surface area (Å²) in [7, 11) is 0. The molecule has 1 aromatic carbocycles. The Labute approximate surface area is 119 Å². The predicted molar refractivity (Wildman–Crippen MR) is 71.4 cm³/mol. The maximum Gasteiger partial charge on any atom is 0.260 e. The van der Waals surface area contributed by atoms with Crippen molar-refractivity contribution >= 4 is 21.8 Å². The van der Waals surface area contributed by atoms with Crippen LogP contribution in [0.25, 0.3) is 0 Å². The number of nitrogens with zero attached hydrogens (tertiary/aromatic N) is 1. The molecule has 1 unspecified atom stereocenters. The van der Waals surface area contributed by atoms with E-state index >= 15 is 0 Å². The smallest absolute Gasteiger partial charge is 0.260 e. The predicted octanol–water partition coefficient (Wildman–Crippen LogP) is 1.95. The van der Waals surface area contributed by atoms with E-state index in [1.807, 2.05) is 0 Å². The second kappa shape index (κ2) is 5.46. The number of aliphatic hydroxyl groups is 1. The van der Waals surface area contributed by atoms with Gasteiger partial charge in [-0.15, -0.1) is 0 Å². The number of amides is 1. The Kier molecular flexibility index (Phi) is 4.10. The van der Waals surface area contributed by atoms with Gasteiger partial charge in [0.1, 0.15) is 0 Å². The number of carbonyl (C=O) groups excluding carboxylic acids is 1. The second-order valence-electron chi connectivity index (χ2n) is 4.93. The Bertz CT molecular complexity index is 493. The Morgan fingerprint density at radius 3 is 2.95 bits per heavy atom. The topological polar surface area (TPSA) is 49.8 Å². The van der Waals surface area contributed by atoms with Crippen LogP contribution in [0.5, 0.6) is 5.75 Å². The molecule has 1 aliphatic rings. The van der Waals surface area contributed by atoms with Gasteiger partial charge >= 0.3 is 0 Å². The summed E-state index contributed by atoms with van der Waals surface area (Å²) in [6.07, 6.45) is 0.547. The summed E-state index contributed by atoms with van der Waals surface area (Å²) in [6, 6.07) is 4.39. The van der Waals surface area contributed by atoms with Gasteiger partial charge in [-0.05, 0) is 31.5 Å². The number of halogens is 2. The van der Waals surface area contributed by atoms with Gasteiger partial charge in [0.05, 0.1) is 5.60 Å². The average Bonchev–Trinajstić information content (AvgIpc) is 2.68. The molecule has 1 atom stereocenters. The van der Waals surface area contributed by atoms with Crippen LogP contribution in [-0.4, -0.2) is 41.2 Å². The summed E-state index contributed by atoms with van der Waals surface area (Å²) in [4.78, 5) is 13.4. The van der Waals surface area contributed by atoms with Crippen molar-refractivity contribution in [3.8, 4) is 5.75 Å². The van der Waals surface area contributed by atoms with Crippen molar-refractivity contribution in [2.75, 3.05) is 19.7 Å². The lowest BCUT2D eigenvalue weighted by Crippen LogP contribution is -2.36. The minimum absolute atomic E-state index is 0.0440. The molecule has 1 saturated heterocycles. The van der Waals surface area contributed by atoms with Crippen LogP contribution in [0.1, 0.15) is 13.3 Å². The average molecular weight is 332 g/mol. The van der Waals surface area contributed by atoms with Gasteiger partial charge in [0.15, 0.2) is 18.2 Å². The first-order chi connectivity index (χ1) is 8.87. The highest BCUT2D eigenvalue weighted by molar-refractivity contribution is 9.10. The number of rotatable bonds is 3. The van der Waals surface area contributed by atoms with Crippen LogP contribution < -0.4 is 4.74 Å². The highest BCUT2D eigenvalue weighted by Gasteiger charge is 2.33. The Balaban J connectivity index is 1.90. The van der Waals surface area contributed by atoms with Crippen molar-refractivity contribution in [3.63, 3.8) is 0 Å². The van der Waals surface area contributed by atoms with Crippen LogP contribution in [0.4, 0.5) is 4.39 Å². The molecule has 1 fully saturated rings. The van der Waals surface area contributed by atoms with Gasteiger partial charge in [-0.2, -0.15) is 0 Å². The van der Waals surface area contributed by atoms with Crippen LogP contribution in [-0.2, 0) is 4.79 Å². The maximum absolute atomic E-state index is 13.5. The van der Waals surface area contributed by atoms with Crippen LogP contribution >= 0.6 is 15.9 Å². The van der Waals surface area contributed by atoms with Crippen molar-refractivity contribution in [3.05, 3.63) is 28.5 Å². The molecule has 0 spiro atoms. The third-order valence-corrected chi connectivity index (χ3v) is 3.54. The van der Waals surface area contributed by atoms with Gasteiger partial charge in [-0.3, -0.25) is 4.79 Å². The largest absolute Gasteiger partial charge is 0.481 e. The molecule has 0 radical (unpaired) electrons. The molecule has 2 rings (SSSR count). The number of hydrogen-bond acceptors (Lipinski definition) is 3. The number of carbonyl (C=O) groups is 1. The number of ether oxygens (including phenoxy) is 1. The van der Waals surface area contributed by atoms with E-state index in [1.54, 1.807) is 13.0 Å². The zero-order valence-corrected chi connectivity index (χ0v) is 12.1. The van der Waals surface area contributed by atoms with Gasteiger partial charge in [0.2, 0.25) is 0 Å². The van der Waals surface area contributed by atoms with Gasteiger partial charge in [-0.25, -0.2) is 4.39 Å². The molecule has 1 heterocycles. The molecular formula is C13H15BrFNO3. The Morgan fingerprint density at radius 1 is 1.63 bits per heavy atom. The molecule has 0 aromatic heterocycles. The van der Waals surface area contributed by atoms with E-state index in [0.717, 1.165) is 0 Å².